The van der Waals surface area contributed by atoms with Crippen molar-refractivity contribution in [2.45, 2.75) is 54.4 Å². The SMILES string of the molecule is CC(C)(C)C1CCC(C(C)(C)C)COC1. The number of hydrogen-bond donors (Lipinski definition) is 0. The van der Waals surface area contributed by atoms with Gasteiger partial charge in [0, 0.05) is 13.2 Å². The summed E-state index contributed by atoms with van der Waals surface area (Å²) < 4.78 is 5.87. The minimum Gasteiger partial charge on any atom is -0.381 e. The van der Waals surface area contributed by atoms with Gasteiger partial charge in [0.05, 0.1) is 0 Å². The van der Waals surface area contributed by atoms with Gasteiger partial charge in [-0.05, 0) is 35.5 Å². The van der Waals surface area contributed by atoms with Gasteiger partial charge in [-0.15, -0.1) is 0 Å². The van der Waals surface area contributed by atoms with E-state index < -0.39 is 0 Å². The maximum Gasteiger partial charge on any atom is 0.0499 e. The van der Waals surface area contributed by atoms with E-state index in [-0.39, 0.29) is 0 Å². The molecular formula is C14H28O. The summed E-state index contributed by atoms with van der Waals surface area (Å²) in [5.74, 6) is 1.45. The molecule has 0 radical (unpaired) electrons. The van der Waals surface area contributed by atoms with Crippen LogP contribution in [0.2, 0.25) is 0 Å². The van der Waals surface area contributed by atoms with Crippen molar-refractivity contribution in [2.24, 2.45) is 22.7 Å². The molecule has 2 atom stereocenters. The molecule has 0 aromatic rings. The fraction of sp³-hybridized carbons (Fsp3) is 1.00. The van der Waals surface area contributed by atoms with Crippen LogP contribution in [0.25, 0.3) is 0 Å². The first-order chi connectivity index (χ1) is 6.71. The fourth-order valence-corrected chi connectivity index (χ4v) is 2.29. The van der Waals surface area contributed by atoms with Gasteiger partial charge in [-0.25, -0.2) is 0 Å². The van der Waals surface area contributed by atoms with Gasteiger partial charge in [-0.2, -0.15) is 0 Å². The van der Waals surface area contributed by atoms with E-state index in [1.807, 2.05) is 0 Å². The van der Waals surface area contributed by atoms with E-state index in [1.54, 1.807) is 0 Å². The Morgan fingerprint density at radius 3 is 1.33 bits per heavy atom. The second kappa shape index (κ2) is 4.45. The number of ether oxygens (including phenoxy) is 1. The summed E-state index contributed by atoms with van der Waals surface area (Å²) in [6.07, 6.45) is 2.65. The molecule has 2 unspecified atom stereocenters. The van der Waals surface area contributed by atoms with E-state index in [9.17, 15) is 0 Å². The van der Waals surface area contributed by atoms with Gasteiger partial charge in [0.2, 0.25) is 0 Å². The Hall–Kier alpha value is -0.0400. The van der Waals surface area contributed by atoms with Crippen LogP contribution in [0.15, 0.2) is 0 Å². The maximum atomic E-state index is 5.87. The van der Waals surface area contributed by atoms with Crippen molar-refractivity contribution >= 4 is 0 Å². The van der Waals surface area contributed by atoms with Gasteiger partial charge in [0.25, 0.3) is 0 Å². The summed E-state index contributed by atoms with van der Waals surface area (Å²) in [7, 11) is 0. The van der Waals surface area contributed by atoms with E-state index in [4.69, 9.17) is 4.74 Å². The van der Waals surface area contributed by atoms with Crippen molar-refractivity contribution in [1.82, 2.24) is 0 Å². The standard InChI is InChI=1S/C14H28O/c1-13(2,3)11-7-8-12(10-15-9-11)14(4,5)6/h11-12H,7-10H2,1-6H3. The first kappa shape index (κ1) is 13.0. The third-order valence-electron chi connectivity index (χ3n) is 3.95. The van der Waals surface area contributed by atoms with Crippen molar-refractivity contribution in [1.29, 1.82) is 0 Å². The normalized spacial score (nSPS) is 30.0. The molecule has 1 aliphatic heterocycles. The molecule has 0 bridgehead atoms. The smallest absolute Gasteiger partial charge is 0.0499 e. The van der Waals surface area contributed by atoms with Crippen LogP contribution in [-0.4, -0.2) is 13.2 Å². The van der Waals surface area contributed by atoms with Gasteiger partial charge >= 0.3 is 0 Å². The van der Waals surface area contributed by atoms with Crippen LogP contribution in [0.3, 0.4) is 0 Å². The monoisotopic (exact) mass is 212 g/mol. The lowest BCUT2D eigenvalue weighted by Crippen LogP contribution is -2.24. The highest BCUT2D eigenvalue weighted by molar-refractivity contribution is 4.81. The van der Waals surface area contributed by atoms with Gasteiger partial charge in [-0.3, -0.25) is 0 Å². The van der Waals surface area contributed by atoms with E-state index in [1.165, 1.54) is 12.8 Å². The first-order valence-corrected chi connectivity index (χ1v) is 6.29. The molecule has 1 heterocycles. The molecule has 0 aromatic heterocycles. The predicted molar refractivity (Wildman–Crippen MR) is 65.9 cm³/mol. The molecule has 1 nitrogen and oxygen atoms in total. The molecule has 0 amide bonds. The lowest BCUT2D eigenvalue weighted by molar-refractivity contribution is 0.0414. The Balaban J connectivity index is 2.57. The summed E-state index contributed by atoms with van der Waals surface area (Å²) in [5.41, 5.74) is 0.791. The molecule has 0 aliphatic carbocycles. The maximum absolute atomic E-state index is 5.87. The highest BCUT2D eigenvalue weighted by Crippen LogP contribution is 2.38. The minimum atomic E-state index is 0.396. The predicted octanol–water partition coefficient (Wildman–Crippen LogP) is 4.12. The number of rotatable bonds is 0. The zero-order valence-corrected chi connectivity index (χ0v) is 11.4. The second-order valence-corrected chi connectivity index (χ2v) is 7.24. The summed E-state index contributed by atoms with van der Waals surface area (Å²) >= 11 is 0. The summed E-state index contributed by atoms with van der Waals surface area (Å²) in [4.78, 5) is 0. The Kier molecular flexibility index (Phi) is 3.86. The quantitative estimate of drug-likeness (QED) is 0.587. The average molecular weight is 212 g/mol. The van der Waals surface area contributed by atoms with Crippen molar-refractivity contribution < 1.29 is 4.74 Å². The van der Waals surface area contributed by atoms with Crippen LogP contribution in [0, 0.1) is 22.7 Å². The third kappa shape index (κ3) is 3.79. The molecular weight excluding hydrogens is 184 g/mol. The Labute approximate surface area is 95.6 Å². The highest BCUT2D eigenvalue weighted by atomic mass is 16.5. The van der Waals surface area contributed by atoms with E-state index >= 15 is 0 Å². The summed E-state index contributed by atoms with van der Waals surface area (Å²) in [6, 6.07) is 0. The molecule has 1 fully saturated rings. The van der Waals surface area contributed by atoms with Crippen LogP contribution < -0.4 is 0 Å². The lowest BCUT2D eigenvalue weighted by Gasteiger charge is -2.30. The van der Waals surface area contributed by atoms with Gasteiger partial charge in [0.1, 0.15) is 0 Å². The first-order valence-electron chi connectivity index (χ1n) is 6.29. The van der Waals surface area contributed by atoms with E-state index in [2.05, 4.69) is 41.5 Å². The zero-order valence-electron chi connectivity index (χ0n) is 11.4. The lowest BCUT2D eigenvalue weighted by atomic mass is 9.74. The fourth-order valence-electron chi connectivity index (χ4n) is 2.29. The van der Waals surface area contributed by atoms with Gasteiger partial charge < -0.3 is 4.74 Å². The Morgan fingerprint density at radius 2 is 1.07 bits per heavy atom. The third-order valence-corrected chi connectivity index (χ3v) is 3.95. The van der Waals surface area contributed by atoms with E-state index in [0.717, 1.165) is 25.0 Å². The van der Waals surface area contributed by atoms with Crippen molar-refractivity contribution in [3.63, 3.8) is 0 Å². The van der Waals surface area contributed by atoms with Crippen molar-refractivity contribution in [2.75, 3.05) is 13.2 Å². The van der Waals surface area contributed by atoms with Crippen LogP contribution in [0.4, 0.5) is 0 Å². The zero-order chi connectivity index (χ0) is 11.7. The van der Waals surface area contributed by atoms with Gasteiger partial charge in [0.15, 0.2) is 0 Å². The Morgan fingerprint density at radius 1 is 0.733 bits per heavy atom. The molecule has 0 N–H and O–H groups in total. The van der Waals surface area contributed by atoms with Crippen molar-refractivity contribution in [3.05, 3.63) is 0 Å². The van der Waals surface area contributed by atoms with Crippen LogP contribution in [-0.2, 0) is 4.74 Å². The molecule has 15 heavy (non-hydrogen) atoms. The van der Waals surface area contributed by atoms with Crippen LogP contribution in [0.5, 0.6) is 0 Å². The summed E-state index contributed by atoms with van der Waals surface area (Å²) in [6.45, 7) is 15.9. The molecule has 90 valence electrons. The molecule has 0 saturated carbocycles. The van der Waals surface area contributed by atoms with Crippen LogP contribution in [0.1, 0.15) is 54.4 Å². The van der Waals surface area contributed by atoms with Gasteiger partial charge in [-0.1, -0.05) is 41.5 Å². The molecule has 1 saturated heterocycles. The second-order valence-electron chi connectivity index (χ2n) is 7.24. The molecule has 1 heteroatoms. The molecule has 0 spiro atoms. The number of hydrogen-bond acceptors (Lipinski definition) is 1. The molecule has 0 aromatic carbocycles. The largest absolute Gasteiger partial charge is 0.381 e. The molecule has 1 aliphatic rings. The highest BCUT2D eigenvalue weighted by Gasteiger charge is 2.32. The molecule has 1 rings (SSSR count). The summed E-state index contributed by atoms with van der Waals surface area (Å²) in [5, 5.41) is 0. The Bertz CT molecular complexity index is 172. The topological polar surface area (TPSA) is 9.23 Å². The average Bonchev–Trinajstić information content (AvgIpc) is 2.24. The van der Waals surface area contributed by atoms with Crippen LogP contribution >= 0.6 is 0 Å². The van der Waals surface area contributed by atoms with E-state index in [0.29, 0.717) is 10.8 Å². The van der Waals surface area contributed by atoms with Crippen molar-refractivity contribution in [3.8, 4) is 0 Å². The minimum absolute atomic E-state index is 0.396.